The topological polar surface area (TPSA) is 33.2 Å². The molecular formula is C10H12N2O. The highest BCUT2D eigenvalue weighted by molar-refractivity contribution is 5.93. The molecule has 0 aliphatic carbocycles. The van der Waals surface area contributed by atoms with Crippen molar-refractivity contribution in [1.82, 2.24) is 9.88 Å². The zero-order chi connectivity index (χ0) is 9.42. The number of aromatic nitrogens is 1. The lowest BCUT2D eigenvalue weighted by Gasteiger charge is -2.02. The number of hydrogen-bond donors (Lipinski definition) is 0. The number of nitrogens with zero attached hydrogens (tertiary/aromatic N) is 2. The zero-order valence-corrected chi connectivity index (χ0v) is 7.87. The first-order chi connectivity index (χ1) is 6.16. The predicted octanol–water partition coefficient (Wildman–Crippen LogP) is 1.23. The molecular weight excluding hydrogens is 164 g/mol. The number of carbonyl (C=O) groups is 1. The number of pyridine rings is 1. The van der Waals surface area contributed by atoms with E-state index in [4.69, 9.17) is 0 Å². The van der Waals surface area contributed by atoms with Gasteiger partial charge in [-0.05, 0) is 25.6 Å². The van der Waals surface area contributed by atoms with Crippen LogP contribution in [-0.2, 0) is 13.1 Å². The molecule has 68 valence electrons. The van der Waals surface area contributed by atoms with Crippen molar-refractivity contribution < 1.29 is 4.79 Å². The quantitative estimate of drug-likeness (QED) is 0.603. The summed E-state index contributed by atoms with van der Waals surface area (Å²) in [4.78, 5) is 17.5. The minimum Gasteiger partial charge on any atom is -0.296 e. The van der Waals surface area contributed by atoms with Gasteiger partial charge in [-0.25, -0.2) is 0 Å². The number of Topliss-reactive ketones (excluding diaryl/α,β-unsaturated/α-hetero) is 1. The molecule has 0 N–H and O–H groups in total. The van der Waals surface area contributed by atoms with Gasteiger partial charge in [0.05, 0.1) is 5.69 Å². The van der Waals surface area contributed by atoms with Gasteiger partial charge in [-0.2, -0.15) is 0 Å². The third kappa shape index (κ3) is 1.47. The summed E-state index contributed by atoms with van der Waals surface area (Å²) in [5, 5.41) is 0. The largest absolute Gasteiger partial charge is 0.296 e. The van der Waals surface area contributed by atoms with E-state index in [2.05, 4.69) is 16.9 Å². The van der Waals surface area contributed by atoms with Crippen molar-refractivity contribution in [3.05, 3.63) is 29.1 Å². The van der Waals surface area contributed by atoms with Crippen molar-refractivity contribution in [1.29, 1.82) is 0 Å². The van der Waals surface area contributed by atoms with Crippen LogP contribution in [0.4, 0.5) is 0 Å². The third-order valence-corrected chi connectivity index (χ3v) is 2.33. The third-order valence-electron chi connectivity index (χ3n) is 2.33. The number of hydrogen-bond acceptors (Lipinski definition) is 3. The Labute approximate surface area is 77.4 Å². The normalized spacial score (nSPS) is 15.8. The van der Waals surface area contributed by atoms with Crippen LogP contribution in [0.5, 0.6) is 0 Å². The fourth-order valence-electron chi connectivity index (χ4n) is 1.61. The minimum absolute atomic E-state index is 0.0878. The summed E-state index contributed by atoms with van der Waals surface area (Å²) in [7, 11) is 2.05. The molecule has 0 fully saturated rings. The lowest BCUT2D eigenvalue weighted by atomic mass is 10.1. The van der Waals surface area contributed by atoms with Crippen molar-refractivity contribution in [2.75, 3.05) is 7.05 Å². The summed E-state index contributed by atoms with van der Waals surface area (Å²) < 4.78 is 0. The Morgan fingerprint density at radius 2 is 2.31 bits per heavy atom. The van der Waals surface area contributed by atoms with Crippen molar-refractivity contribution in [3.8, 4) is 0 Å². The van der Waals surface area contributed by atoms with E-state index in [0.717, 1.165) is 18.8 Å². The van der Waals surface area contributed by atoms with E-state index in [-0.39, 0.29) is 5.78 Å². The van der Waals surface area contributed by atoms with Gasteiger partial charge in [-0.1, -0.05) is 0 Å². The first kappa shape index (κ1) is 8.38. The van der Waals surface area contributed by atoms with E-state index < -0.39 is 0 Å². The van der Waals surface area contributed by atoms with Crippen molar-refractivity contribution in [2.45, 2.75) is 20.0 Å². The van der Waals surface area contributed by atoms with Crippen LogP contribution >= 0.6 is 0 Å². The molecule has 0 bridgehead atoms. The molecule has 2 heterocycles. The van der Waals surface area contributed by atoms with Crippen LogP contribution < -0.4 is 0 Å². The van der Waals surface area contributed by atoms with Crippen LogP contribution in [0.25, 0.3) is 0 Å². The van der Waals surface area contributed by atoms with Gasteiger partial charge in [0.2, 0.25) is 0 Å². The first-order valence-electron chi connectivity index (χ1n) is 4.34. The Morgan fingerprint density at radius 3 is 3.00 bits per heavy atom. The molecule has 0 atom stereocenters. The summed E-state index contributed by atoms with van der Waals surface area (Å²) in [6.07, 6.45) is 1.67. The molecule has 3 nitrogen and oxygen atoms in total. The lowest BCUT2D eigenvalue weighted by Crippen LogP contribution is -2.07. The summed E-state index contributed by atoms with van der Waals surface area (Å²) in [6, 6.07) is 1.95. The minimum atomic E-state index is 0.0878. The summed E-state index contributed by atoms with van der Waals surface area (Å²) in [6.45, 7) is 3.37. The fourth-order valence-corrected chi connectivity index (χ4v) is 1.61. The Kier molecular flexibility index (Phi) is 1.88. The maximum absolute atomic E-state index is 11.1. The van der Waals surface area contributed by atoms with Crippen LogP contribution in [0.3, 0.4) is 0 Å². The van der Waals surface area contributed by atoms with Crippen LogP contribution in [0.1, 0.15) is 28.5 Å². The molecule has 0 radical (unpaired) electrons. The van der Waals surface area contributed by atoms with E-state index in [1.54, 1.807) is 13.1 Å². The molecule has 1 aromatic rings. The molecule has 3 heteroatoms. The van der Waals surface area contributed by atoms with E-state index in [9.17, 15) is 4.79 Å². The molecule has 1 aliphatic rings. The average molecular weight is 176 g/mol. The molecule has 0 amide bonds. The average Bonchev–Trinajstić information content (AvgIpc) is 2.42. The van der Waals surface area contributed by atoms with E-state index in [0.29, 0.717) is 5.56 Å². The molecule has 0 unspecified atom stereocenters. The van der Waals surface area contributed by atoms with Gasteiger partial charge >= 0.3 is 0 Å². The van der Waals surface area contributed by atoms with Gasteiger partial charge < -0.3 is 0 Å². The SMILES string of the molecule is CC(=O)c1cnc2c(c1)CN(C)C2. The highest BCUT2D eigenvalue weighted by atomic mass is 16.1. The zero-order valence-electron chi connectivity index (χ0n) is 7.87. The molecule has 13 heavy (non-hydrogen) atoms. The standard InChI is InChI=1S/C10H12N2O/c1-7(13)8-3-9-5-12(2)6-10(9)11-4-8/h3-4H,5-6H2,1-2H3. The molecule has 0 spiro atoms. The van der Waals surface area contributed by atoms with Gasteiger partial charge in [0.1, 0.15) is 0 Å². The number of rotatable bonds is 1. The van der Waals surface area contributed by atoms with Gasteiger partial charge in [0, 0.05) is 24.8 Å². The van der Waals surface area contributed by atoms with E-state index in [1.165, 1.54) is 5.56 Å². The number of carbonyl (C=O) groups excluding carboxylic acids is 1. The Hall–Kier alpha value is -1.22. The molecule has 2 rings (SSSR count). The first-order valence-corrected chi connectivity index (χ1v) is 4.34. The molecule has 0 aromatic carbocycles. The number of fused-ring (bicyclic) bond motifs is 1. The van der Waals surface area contributed by atoms with Gasteiger partial charge in [-0.15, -0.1) is 0 Å². The Bertz CT molecular complexity index is 360. The maximum atomic E-state index is 11.1. The van der Waals surface area contributed by atoms with Crippen LogP contribution in [0.15, 0.2) is 12.3 Å². The highest BCUT2D eigenvalue weighted by Crippen LogP contribution is 2.19. The summed E-state index contributed by atoms with van der Waals surface area (Å²) in [5.74, 6) is 0.0878. The Balaban J connectivity index is 2.40. The smallest absolute Gasteiger partial charge is 0.161 e. The monoisotopic (exact) mass is 176 g/mol. The maximum Gasteiger partial charge on any atom is 0.161 e. The van der Waals surface area contributed by atoms with E-state index in [1.807, 2.05) is 6.07 Å². The van der Waals surface area contributed by atoms with E-state index >= 15 is 0 Å². The second-order valence-electron chi connectivity index (χ2n) is 3.56. The second-order valence-corrected chi connectivity index (χ2v) is 3.56. The predicted molar refractivity (Wildman–Crippen MR) is 49.4 cm³/mol. The molecule has 0 saturated heterocycles. The summed E-state index contributed by atoms with van der Waals surface area (Å²) >= 11 is 0. The fraction of sp³-hybridized carbons (Fsp3) is 0.400. The highest BCUT2D eigenvalue weighted by Gasteiger charge is 2.17. The van der Waals surface area contributed by atoms with Gasteiger partial charge in [-0.3, -0.25) is 14.7 Å². The van der Waals surface area contributed by atoms with Crippen LogP contribution in [-0.4, -0.2) is 22.7 Å². The summed E-state index contributed by atoms with van der Waals surface area (Å²) in [5.41, 5.74) is 3.01. The second kappa shape index (κ2) is 2.92. The molecule has 1 aromatic heterocycles. The van der Waals surface area contributed by atoms with Crippen molar-refractivity contribution in [2.24, 2.45) is 0 Å². The van der Waals surface area contributed by atoms with Crippen molar-refractivity contribution in [3.63, 3.8) is 0 Å². The lowest BCUT2D eigenvalue weighted by molar-refractivity contribution is 0.101. The van der Waals surface area contributed by atoms with Crippen molar-refractivity contribution >= 4 is 5.78 Å². The van der Waals surface area contributed by atoms with Gasteiger partial charge in [0.15, 0.2) is 5.78 Å². The van der Waals surface area contributed by atoms with Crippen LogP contribution in [0, 0.1) is 0 Å². The molecule has 1 aliphatic heterocycles. The number of ketones is 1. The van der Waals surface area contributed by atoms with Gasteiger partial charge in [0.25, 0.3) is 0 Å². The van der Waals surface area contributed by atoms with Crippen LogP contribution in [0.2, 0.25) is 0 Å². The molecule has 0 saturated carbocycles. The Morgan fingerprint density at radius 1 is 1.54 bits per heavy atom.